The zero-order valence-electron chi connectivity index (χ0n) is 11.0. The van der Waals surface area contributed by atoms with Crippen molar-refractivity contribution in [3.05, 3.63) is 71.2 Å². The molecule has 0 aliphatic carbocycles. The molecule has 0 aromatic heterocycles. The largest absolute Gasteiger partial charge is 0.449 e. The molecule has 0 spiro atoms. The van der Waals surface area contributed by atoms with Crippen LogP contribution in [0.3, 0.4) is 0 Å². The number of hydrogen-bond donors (Lipinski definition) is 0. The summed E-state index contributed by atoms with van der Waals surface area (Å²) < 4.78 is 13.0. The van der Waals surface area contributed by atoms with Crippen LogP contribution in [0.5, 0.6) is 23.0 Å². The van der Waals surface area contributed by atoms with Gasteiger partial charge in [-0.3, -0.25) is 0 Å². The predicted molar refractivity (Wildman–Crippen MR) is 86.2 cm³/mol. The summed E-state index contributed by atoms with van der Waals surface area (Å²) in [5.41, 5.74) is 2.12. The van der Waals surface area contributed by atoms with Crippen LogP contribution in [0, 0.1) is 0 Å². The summed E-state index contributed by atoms with van der Waals surface area (Å²) in [5.74, 6) is 2.93. The van der Waals surface area contributed by atoms with Crippen molar-refractivity contribution < 1.29 is 9.47 Å². The van der Waals surface area contributed by atoms with Gasteiger partial charge in [0.1, 0.15) is 0 Å². The van der Waals surface area contributed by atoms with Gasteiger partial charge in [-0.2, -0.15) is 0 Å². The van der Waals surface area contributed by atoms with Crippen molar-refractivity contribution in [2.45, 2.75) is 0 Å². The molecule has 0 N–H and O–H groups in total. The molecule has 0 unspecified atom stereocenters. The number of para-hydroxylation sites is 2. The van der Waals surface area contributed by atoms with Gasteiger partial charge < -0.3 is 9.47 Å². The molecule has 0 bridgehead atoms. The fourth-order valence-electron chi connectivity index (χ4n) is 2.42. The first kappa shape index (κ1) is 12.5. The molecule has 1 aliphatic rings. The third-order valence-corrected chi connectivity index (χ3v) is 4.05. The average molecular weight is 339 g/mol. The average Bonchev–Trinajstić information content (AvgIpc) is 2.55. The lowest BCUT2D eigenvalue weighted by molar-refractivity contribution is 0.359. The molecule has 2 nitrogen and oxygen atoms in total. The third kappa shape index (κ3) is 2.10. The smallest absolute Gasteiger partial charge is 0.184 e. The fraction of sp³-hybridized carbons (Fsp3) is 0. The summed E-state index contributed by atoms with van der Waals surface area (Å²) in [6, 6.07) is 21.9. The van der Waals surface area contributed by atoms with Crippen LogP contribution in [-0.4, -0.2) is 0 Å². The molecular formula is C18H11BrO2. The minimum atomic E-state index is 0.718. The predicted octanol–water partition coefficient (Wildman–Crippen LogP) is 6.01. The van der Waals surface area contributed by atoms with Crippen molar-refractivity contribution in [2.24, 2.45) is 0 Å². The lowest BCUT2D eigenvalue weighted by Crippen LogP contribution is -2.01. The minimum absolute atomic E-state index is 0.718. The molecule has 0 saturated heterocycles. The Morgan fingerprint density at radius 2 is 1.24 bits per heavy atom. The van der Waals surface area contributed by atoms with Gasteiger partial charge in [0.25, 0.3) is 0 Å². The normalized spacial score (nSPS) is 11.9. The van der Waals surface area contributed by atoms with Gasteiger partial charge in [-0.05, 0) is 45.8 Å². The highest BCUT2D eigenvalue weighted by molar-refractivity contribution is 9.10. The molecule has 0 radical (unpaired) electrons. The van der Waals surface area contributed by atoms with E-state index >= 15 is 0 Å². The topological polar surface area (TPSA) is 18.5 Å². The first-order valence-corrected chi connectivity index (χ1v) is 7.45. The Balaban J connectivity index is 1.91. The summed E-state index contributed by atoms with van der Waals surface area (Å²) in [4.78, 5) is 0. The van der Waals surface area contributed by atoms with Gasteiger partial charge in [0, 0.05) is 5.56 Å². The number of halogens is 1. The molecule has 0 amide bonds. The Hall–Kier alpha value is -2.26. The SMILES string of the molecule is Brc1ccc(-c2ccccc2)c2c1Oc1ccccc1O2. The lowest BCUT2D eigenvalue weighted by Gasteiger charge is -2.23. The maximum absolute atomic E-state index is 6.09. The second-order valence-corrected chi connectivity index (χ2v) is 5.62. The van der Waals surface area contributed by atoms with Crippen molar-refractivity contribution in [3.8, 4) is 34.1 Å². The second kappa shape index (κ2) is 4.93. The molecule has 0 saturated carbocycles. The van der Waals surface area contributed by atoms with E-state index in [1.165, 1.54) is 0 Å². The summed E-state index contributed by atoms with van der Waals surface area (Å²) in [7, 11) is 0. The van der Waals surface area contributed by atoms with E-state index in [4.69, 9.17) is 9.47 Å². The zero-order chi connectivity index (χ0) is 14.2. The summed E-state index contributed by atoms with van der Waals surface area (Å²) in [6.07, 6.45) is 0. The Labute approximate surface area is 131 Å². The Kier molecular flexibility index (Phi) is 2.93. The molecule has 3 aromatic rings. The molecule has 102 valence electrons. The maximum atomic E-state index is 6.09. The lowest BCUT2D eigenvalue weighted by atomic mass is 10.0. The van der Waals surface area contributed by atoms with Crippen LogP contribution >= 0.6 is 15.9 Å². The van der Waals surface area contributed by atoms with Gasteiger partial charge in [0.15, 0.2) is 23.0 Å². The number of hydrogen-bond acceptors (Lipinski definition) is 2. The van der Waals surface area contributed by atoms with Gasteiger partial charge in [-0.25, -0.2) is 0 Å². The van der Waals surface area contributed by atoms with Gasteiger partial charge in [-0.15, -0.1) is 0 Å². The highest BCUT2D eigenvalue weighted by Gasteiger charge is 2.24. The van der Waals surface area contributed by atoms with Gasteiger partial charge >= 0.3 is 0 Å². The van der Waals surface area contributed by atoms with Crippen molar-refractivity contribution in [3.63, 3.8) is 0 Å². The van der Waals surface area contributed by atoms with Crippen molar-refractivity contribution in [1.82, 2.24) is 0 Å². The van der Waals surface area contributed by atoms with Crippen LogP contribution in [0.25, 0.3) is 11.1 Å². The van der Waals surface area contributed by atoms with Crippen LogP contribution in [-0.2, 0) is 0 Å². The summed E-state index contributed by atoms with van der Waals surface area (Å²) >= 11 is 3.54. The molecule has 1 heterocycles. The van der Waals surface area contributed by atoms with E-state index < -0.39 is 0 Å². The van der Waals surface area contributed by atoms with Crippen molar-refractivity contribution in [1.29, 1.82) is 0 Å². The molecular weight excluding hydrogens is 328 g/mol. The zero-order valence-corrected chi connectivity index (χ0v) is 12.6. The van der Waals surface area contributed by atoms with E-state index in [1.54, 1.807) is 0 Å². The molecule has 3 aromatic carbocycles. The second-order valence-electron chi connectivity index (χ2n) is 4.77. The van der Waals surface area contributed by atoms with E-state index in [-0.39, 0.29) is 0 Å². The summed E-state index contributed by atoms with van der Waals surface area (Å²) in [6.45, 7) is 0. The van der Waals surface area contributed by atoms with Crippen molar-refractivity contribution in [2.75, 3.05) is 0 Å². The number of benzene rings is 3. The van der Waals surface area contributed by atoms with E-state index in [1.807, 2.05) is 54.6 Å². The van der Waals surface area contributed by atoms with Crippen LogP contribution in [0.1, 0.15) is 0 Å². The van der Waals surface area contributed by atoms with Gasteiger partial charge in [-0.1, -0.05) is 42.5 Å². The highest BCUT2D eigenvalue weighted by Crippen LogP contribution is 2.52. The monoisotopic (exact) mass is 338 g/mol. The van der Waals surface area contributed by atoms with Crippen LogP contribution < -0.4 is 9.47 Å². The number of rotatable bonds is 1. The highest BCUT2D eigenvalue weighted by atomic mass is 79.9. The van der Waals surface area contributed by atoms with E-state index in [0.717, 1.165) is 38.6 Å². The van der Waals surface area contributed by atoms with Crippen LogP contribution in [0.15, 0.2) is 71.2 Å². The van der Waals surface area contributed by atoms with Crippen molar-refractivity contribution >= 4 is 15.9 Å². The van der Waals surface area contributed by atoms with Gasteiger partial charge in [0.2, 0.25) is 0 Å². The van der Waals surface area contributed by atoms with Crippen LogP contribution in [0.4, 0.5) is 0 Å². The maximum Gasteiger partial charge on any atom is 0.184 e. The fourth-order valence-corrected chi connectivity index (χ4v) is 2.81. The van der Waals surface area contributed by atoms with E-state index in [2.05, 4.69) is 28.1 Å². The Bertz CT molecular complexity index is 813. The first-order chi connectivity index (χ1) is 10.3. The van der Waals surface area contributed by atoms with Gasteiger partial charge in [0.05, 0.1) is 4.47 Å². The molecule has 21 heavy (non-hydrogen) atoms. The minimum Gasteiger partial charge on any atom is -0.449 e. The quantitative estimate of drug-likeness (QED) is 0.422. The van der Waals surface area contributed by atoms with E-state index in [9.17, 15) is 0 Å². The third-order valence-electron chi connectivity index (χ3n) is 3.42. The number of fused-ring (bicyclic) bond motifs is 2. The molecule has 3 heteroatoms. The molecule has 4 rings (SSSR count). The molecule has 1 aliphatic heterocycles. The Morgan fingerprint density at radius 3 is 1.95 bits per heavy atom. The molecule has 0 atom stereocenters. The summed E-state index contributed by atoms with van der Waals surface area (Å²) in [5, 5.41) is 0. The first-order valence-electron chi connectivity index (χ1n) is 6.65. The Morgan fingerprint density at radius 1 is 0.619 bits per heavy atom. The number of ether oxygens (including phenoxy) is 2. The van der Waals surface area contributed by atoms with E-state index in [0.29, 0.717) is 0 Å². The van der Waals surface area contributed by atoms with Crippen LogP contribution in [0.2, 0.25) is 0 Å². The standard InChI is InChI=1S/C18H11BrO2/c19-14-11-10-13(12-6-2-1-3-7-12)17-18(14)21-16-9-5-4-8-15(16)20-17/h1-11H. The molecule has 0 fully saturated rings.